The van der Waals surface area contributed by atoms with Gasteiger partial charge in [-0.05, 0) is 35.9 Å². The summed E-state index contributed by atoms with van der Waals surface area (Å²) in [5.41, 5.74) is 1.63. The van der Waals surface area contributed by atoms with E-state index in [4.69, 9.17) is 25.8 Å². The lowest BCUT2D eigenvalue weighted by atomic mass is 10.0. The second-order valence-corrected chi connectivity index (χ2v) is 7.51. The Hall–Kier alpha value is -3.97. The maximum absolute atomic E-state index is 13.7. The van der Waals surface area contributed by atoms with Crippen molar-refractivity contribution in [3.63, 3.8) is 0 Å². The van der Waals surface area contributed by atoms with Gasteiger partial charge in [0.1, 0.15) is 22.9 Å². The molecular formula is C25H21ClN2O5. The highest BCUT2D eigenvalue weighted by Gasteiger charge is 2.41. The number of imide groups is 1. The molecule has 0 fully saturated rings. The predicted molar refractivity (Wildman–Crippen MR) is 127 cm³/mol. The summed E-state index contributed by atoms with van der Waals surface area (Å²) in [5, 5.41) is 3.47. The number of nitrogens with one attached hydrogen (secondary N) is 1. The van der Waals surface area contributed by atoms with Crippen LogP contribution >= 0.6 is 11.6 Å². The lowest BCUT2D eigenvalue weighted by molar-refractivity contribution is -0.120. The Balaban J connectivity index is 1.87. The zero-order valence-corrected chi connectivity index (χ0v) is 19.0. The van der Waals surface area contributed by atoms with Crippen LogP contribution in [0, 0.1) is 0 Å². The van der Waals surface area contributed by atoms with E-state index in [0.29, 0.717) is 33.5 Å². The minimum Gasteiger partial charge on any atom is -0.497 e. The van der Waals surface area contributed by atoms with Crippen LogP contribution in [-0.4, -0.2) is 33.1 Å². The van der Waals surface area contributed by atoms with Crippen LogP contribution in [0.25, 0.3) is 5.57 Å². The third-order valence-corrected chi connectivity index (χ3v) is 5.43. The van der Waals surface area contributed by atoms with E-state index in [1.165, 1.54) is 27.4 Å². The highest BCUT2D eigenvalue weighted by atomic mass is 35.5. The number of ether oxygens (including phenoxy) is 3. The summed E-state index contributed by atoms with van der Waals surface area (Å²) < 4.78 is 16.1. The Labute approximate surface area is 196 Å². The molecule has 1 aliphatic rings. The number of rotatable bonds is 7. The van der Waals surface area contributed by atoms with E-state index in [1.54, 1.807) is 54.6 Å². The van der Waals surface area contributed by atoms with E-state index < -0.39 is 11.8 Å². The number of amides is 2. The average molecular weight is 465 g/mol. The molecule has 0 unspecified atom stereocenters. The first kappa shape index (κ1) is 22.2. The summed E-state index contributed by atoms with van der Waals surface area (Å²) in [4.78, 5) is 28.3. The predicted octanol–water partition coefficient (Wildman–Crippen LogP) is 4.76. The third-order valence-electron chi connectivity index (χ3n) is 5.19. The summed E-state index contributed by atoms with van der Waals surface area (Å²) in [5.74, 6) is 0.328. The number of carbonyl (C=O) groups excluding carboxylic acids is 2. The van der Waals surface area contributed by atoms with Gasteiger partial charge in [-0.2, -0.15) is 0 Å². The fourth-order valence-electron chi connectivity index (χ4n) is 3.62. The fraction of sp³-hybridized carbons (Fsp3) is 0.120. The molecule has 0 spiro atoms. The number of hydrogen-bond acceptors (Lipinski definition) is 6. The van der Waals surface area contributed by atoms with E-state index in [-0.39, 0.29) is 17.0 Å². The Morgan fingerprint density at radius 1 is 0.788 bits per heavy atom. The zero-order valence-electron chi connectivity index (χ0n) is 18.2. The molecule has 0 aromatic heterocycles. The molecule has 168 valence electrons. The van der Waals surface area contributed by atoms with Gasteiger partial charge in [-0.25, -0.2) is 4.90 Å². The summed E-state index contributed by atoms with van der Waals surface area (Å²) in [6.07, 6.45) is 0. The van der Waals surface area contributed by atoms with E-state index in [1.807, 2.05) is 6.07 Å². The van der Waals surface area contributed by atoms with Crippen molar-refractivity contribution in [1.82, 2.24) is 0 Å². The fourth-order valence-corrected chi connectivity index (χ4v) is 3.79. The minimum absolute atomic E-state index is 0.0970. The number of methoxy groups -OCH3 is 3. The Morgan fingerprint density at radius 3 is 2.15 bits per heavy atom. The Morgan fingerprint density at radius 2 is 1.48 bits per heavy atom. The largest absolute Gasteiger partial charge is 0.497 e. The van der Waals surface area contributed by atoms with Crippen LogP contribution in [0.2, 0.25) is 5.02 Å². The van der Waals surface area contributed by atoms with Crippen LogP contribution in [-0.2, 0) is 9.59 Å². The van der Waals surface area contributed by atoms with Gasteiger partial charge in [0.15, 0.2) is 0 Å². The molecule has 33 heavy (non-hydrogen) atoms. The van der Waals surface area contributed by atoms with Crippen LogP contribution in [0.4, 0.5) is 11.4 Å². The standard InChI is InChI=1S/C25H21ClN2O5/c1-31-17-10-12-20(32-2)18(14-17)27-23-22(15-7-5-4-6-8-15)24(29)28(25(23)30)19-13-16(26)9-11-21(19)33-3/h4-14,27H,1-3H3. The van der Waals surface area contributed by atoms with Gasteiger partial charge < -0.3 is 19.5 Å². The molecular weight excluding hydrogens is 444 g/mol. The van der Waals surface area contributed by atoms with Gasteiger partial charge >= 0.3 is 0 Å². The van der Waals surface area contributed by atoms with Crippen molar-refractivity contribution in [2.24, 2.45) is 0 Å². The first-order chi connectivity index (χ1) is 16.0. The lowest BCUT2D eigenvalue weighted by Gasteiger charge is -2.19. The van der Waals surface area contributed by atoms with Gasteiger partial charge in [0, 0.05) is 11.1 Å². The highest BCUT2D eigenvalue weighted by molar-refractivity contribution is 6.46. The van der Waals surface area contributed by atoms with Crippen molar-refractivity contribution in [3.8, 4) is 17.2 Å². The van der Waals surface area contributed by atoms with E-state index in [0.717, 1.165) is 4.90 Å². The Bertz CT molecular complexity index is 1260. The molecule has 0 bridgehead atoms. The van der Waals surface area contributed by atoms with Gasteiger partial charge in [-0.3, -0.25) is 9.59 Å². The van der Waals surface area contributed by atoms with Crippen LogP contribution in [0.1, 0.15) is 5.56 Å². The molecule has 1 heterocycles. The smallest absolute Gasteiger partial charge is 0.282 e. The van der Waals surface area contributed by atoms with Crippen molar-refractivity contribution in [3.05, 3.63) is 83.0 Å². The summed E-state index contributed by atoms with van der Waals surface area (Å²) in [7, 11) is 4.52. The molecule has 3 aromatic rings. The maximum atomic E-state index is 13.7. The second-order valence-electron chi connectivity index (χ2n) is 7.07. The Kier molecular flexibility index (Phi) is 6.24. The summed E-state index contributed by atoms with van der Waals surface area (Å²) in [6.45, 7) is 0. The van der Waals surface area contributed by atoms with Crippen LogP contribution < -0.4 is 24.4 Å². The first-order valence-electron chi connectivity index (χ1n) is 9.99. The van der Waals surface area contributed by atoms with E-state index in [9.17, 15) is 9.59 Å². The van der Waals surface area contributed by atoms with Crippen molar-refractivity contribution in [2.75, 3.05) is 31.5 Å². The van der Waals surface area contributed by atoms with E-state index >= 15 is 0 Å². The number of carbonyl (C=O) groups is 2. The monoisotopic (exact) mass is 464 g/mol. The molecule has 8 heteroatoms. The number of nitrogens with zero attached hydrogens (tertiary/aromatic N) is 1. The molecule has 0 radical (unpaired) electrons. The third kappa shape index (κ3) is 4.10. The molecule has 2 amide bonds. The first-order valence-corrected chi connectivity index (χ1v) is 10.4. The van der Waals surface area contributed by atoms with Gasteiger partial charge in [0.25, 0.3) is 11.8 Å². The van der Waals surface area contributed by atoms with Crippen molar-refractivity contribution in [2.45, 2.75) is 0 Å². The summed E-state index contributed by atoms with van der Waals surface area (Å²) in [6, 6.07) is 18.9. The van der Waals surface area contributed by atoms with Crippen molar-refractivity contribution in [1.29, 1.82) is 0 Å². The topological polar surface area (TPSA) is 77.1 Å². The number of hydrogen-bond donors (Lipinski definition) is 1. The van der Waals surface area contributed by atoms with Crippen LogP contribution in [0.5, 0.6) is 17.2 Å². The lowest BCUT2D eigenvalue weighted by Crippen LogP contribution is -2.32. The molecule has 0 atom stereocenters. The number of benzene rings is 3. The number of halogens is 1. The molecule has 4 rings (SSSR count). The quantitative estimate of drug-likeness (QED) is 0.508. The second kappa shape index (κ2) is 9.26. The molecule has 0 aliphatic carbocycles. The zero-order chi connectivity index (χ0) is 23.5. The van der Waals surface area contributed by atoms with Crippen molar-refractivity contribution >= 4 is 40.4 Å². The molecule has 0 saturated carbocycles. The van der Waals surface area contributed by atoms with E-state index in [2.05, 4.69) is 5.32 Å². The SMILES string of the molecule is COc1ccc(OC)c(NC2=C(c3ccccc3)C(=O)N(c3cc(Cl)ccc3OC)C2=O)c1. The number of anilines is 2. The molecule has 1 aliphatic heterocycles. The maximum Gasteiger partial charge on any atom is 0.282 e. The van der Waals surface area contributed by atoms with Gasteiger partial charge in [-0.15, -0.1) is 0 Å². The molecule has 0 saturated heterocycles. The molecule has 1 N–H and O–H groups in total. The minimum atomic E-state index is -0.552. The van der Waals surface area contributed by atoms with Crippen LogP contribution in [0.3, 0.4) is 0 Å². The van der Waals surface area contributed by atoms with Gasteiger partial charge in [0.05, 0.1) is 38.3 Å². The normalized spacial score (nSPS) is 13.4. The van der Waals surface area contributed by atoms with Crippen molar-refractivity contribution < 1.29 is 23.8 Å². The van der Waals surface area contributed by atoms with Crippen LogP contribution in [0.15, 0.2) is 72.4 Å². The van der Waals surface area contributed by atoms with Gasteiger partial charge in [0.2, 0.25) is 0 Å². The molecule has 7 nitrogen and oxygen atoms in total. The average Bonchev–Trinajstić information content (AvgIpc) is 3.08. The van der Waals surface area contributed by atoms with Gasteiger partial charge in [-0.1, -0.05) is 41.9 Å². The summed E-state index contributed by atoms with van der Waals surface area (Å²) >= 11 is 6.18. The highest BCUT2D eigenvalue weighted by Crippen LogP contribution is 2.40. The molecule has 3 aromatic carbocycles.